The predicted molar refractivity (Wildman–Crippen MR) is 46.9 cm³/mol. The van der Waals surface area contributed by atoms with Crippen molar-refractivity contribution in [2.75, 3.05) is 5.73 Å². The van der Waals surface area contributed by atoms with Crippen LogP contribution in [0.5, 0.6) is 0 Å². The van der Waals surface area contributed by atoms with Gasteiger partial charge in [0.2, 0.25) is 0 Å². The summed E-state index contributed by atoms with van der Waals surface area (Å²) >= 11 is 0. The summed E-state index contributed by atoms with van der Waals surface area (Å²) in [5, 5.41) is 21.3. The fourth-order valence-corrected chi connectivity index (χ4v) is 0.866. The van der Waals surface area contributed by atoms with Gasteiger partial charge in [0.25, 0.3) is 5.69 Å². The molecule has 0 unspecified atom stereocenters. The van der Waals surface area contributed by atoms with E-state index in [0.717, 1.165) is 6.21 Å². The lowest BCUT2D eigenvalue weighted by Gasteiger charge is -1.96. The van der Waals surface area contributed by atoms with E-state index in [4.69, 9.17) is 10.9 Å². The van der Waals surface area contributed by atoms with Gasteiger partial charge in [0.15, 0.2) is 0 Å². The molecule has 0 aliphatic carbocycles. The second kappa shape index (κ2) is 3.53. The fraction of sp³-hybridized carbons (Fsp3) is 0. The summed E-state index contributed by atoms with van der Waals surface area (Å²) in [5.74, 6) is 0. The van der Waals surface area contributed by atoms with Crippen molar-refractivity contribution in [3.8, 4) is 0 Å². The SMILES string of the molecule is Nc1ccc(/C=N/O)cc1[N+](=O)[O-]. The van der Waals surface area contributed by atoms with Gasteiger partial charge in [-0.2, -0.15) is 0 Å². The van der Waals surface area contributed by atoms with Gasteiger partial charge in [-0.3, -0.25) is 10.1 Å². The Hall–Kier alpha value is -2.11. The van der Waals surface area contributed by atoms with Gasteiger partial charge in [0.1, 0.15) is 5.69 Å². The van der Waals surface area contributed by atoms with Crippen molar-refractivity contribution in [3.05, 3.63) is 33.9 Å². The lowest BCUT2D eigenvalue weighted by Crippen LogP contribution is -1.96. The number of nitro benzene ring substituents is 1. The van der Waals surface area contributed by atoms with Crippen LogP contribution in [0.25, 0.3) is 0 Å². The largest absolute Gasteiger partial charge is 0.411 e. The average Bonchev–Trinajstić information content (AvgIpc) is 2.08. The van der Waals surface area contributed by atoms with Crippen LogP contribution in [-0.4, -0.2) is 16.3 Å². The molecule has 6 nitrogen and oxygen atoms in total. The first kappa shape index (κ1) is 8.98. The highest BCUT2D eigenvalue weighted by atomic mass is 16.6. The third-order valence-corrected chi connectivity index (χ3v) is 1.46. The van der Waals surface area contributed by atoms with Crippen LogP contribution in [0.4, 0.5) is 11.4 Å². The molecule has 3 N–H and O–H groups in total. The van der Waals surface area contributed by atoms with Gasteiger partial charge in [-0.25, -0.2) is 0 Å². The highest BCUT2D eigenvalue weighted by Crippen LogP contribution is 2.21. The molecule has 0 atom stereocenters. The minimum atomic E-state index is -0.593. The lowest BCUT2D eigenvalue weighted by atomic mass is 10.2. The zero-order valence-corrected chi connectivity index (χ0v) is 6.54. The molecular formula is C7H7N3O3. The van der Waals surface area contributed by atoms with Crippen molar-refractivity contribution in [2.24, 2.45) is 5.16 Å². The molecular weight excluding hydrogens is 174 g/mol. The first-order valence-corrected chi connectivity index (χ1v) is 3.36. The fourth-order valence-electron chi connectivity index (χ4n) is 0.866. The van der Waals surface area contributed by atoms with Gasteiger partial charge in [-0.05, 0) is 6.07 Å². The topological polar surface area (TPSA) is 102 Å². The first-order chi connectivity index (χ1) is 6.15. The maximum atomic E-state index is 10.4. The monoisotopic (exact) mass is 181 g/mol. The summed E-state index contributed by atoms with van der Waals surface area (Å²) in [6.45, 7) is 0. The Balaban J connectivity index is 3.18. The zero-order chi connectivity index (χ0) is 9.84. The Labute approximate surface area is 73.4 Å². The maximum Gasteiger partial charge on any atom is 0.292 e. The quantitative estimate of drug-likeness (QED) is 0.233. The molecule has 6 heteroatoms. The Morgan fingerprint density at radius 1 is 1.62 bits per heavy atom. The molecule has 0 saturated carbocycles. The van der Waals surface area contributed by atoms with Crippen molar-refractivity contribution < 1.29 is 10.1 Å². The number of nitrogen functional groups attached to an aromatic ring is 1. The smallest absolute Gasteiger partial charge is 0.292 e. The molecule has 68 valence electrons. The average molecular weight is 181 g/mol. The minimum Gasteiger partial charge on any atom is -0.411 e. The third-order valence-electron chi connectivity index (χ3n) is 1.46. The Morgan fingerprint density at radius 3 is 2.85 bits per heavy atom. The number of oxime groups is 1. The lowest BCUT2D eigenvalue weighted by molar-refractivity contribution is -0.383. The molecule has 0 bridgehead atoms. The Bertz CT molecular complexity index is 362. The van der Waals surface area contributed by atoms with E-state index in [0.29, 0.717) is 5.56 Å². The van der Waals surface area contributed by atoms with E-state index in [1.54, 1.807) is 0 Å². The Morgan fingerprint density at radius 2 is 2.31 bits per heavy atom. The number of anilines is 1. The highest BCUT2D eigenvalue weighted by Gasteiger charge is 2.10. The van der Waals surface area contributed by atoms with Gasteiger partial charge in [0.05, 0.1) is 11.1 Å². The van der Waals surface area contributed by atoms with Gasteiger partial charge >= 0.3 is 0 Å². The van der Waals surface area contributed by atoms with Gasteiger partial charge in [0, 0.05) is 11.6 Å². The first-order valence-electron chi connectivity index (χ1n) is 3.36. The molecule has 0 amide bonds. The predicted octanol–water partition coefficient (Wildman–Crippen LogP) is 0.985. The van der Waals surface area contributed by atoms with Gasteiger partial charge < -0.3 is 10.9 Å². The number of rotatable bonds is 2. The van der Waals surface area contributed by atoms with E-state index >= 15 is 0 Å². The molecule has 0 radical (unpaired) electrons. The van der Waals surface area contributed by atoms with Crippen LogP contribution in [0, 0.1) is 10.1 Å². The third kappa shape index (κ3) is 1.92. The standard InChI is InChI=1S/C7H7N3O3/c8-6-2-1-5(4-9-11)3-7(6)10(12)13/h1-4,11H,8H2/b9-4+. The molecule has 13 heavy (non-hydrogen) atoms. The Kier molecular flexibility index (Phi) is 2.44. The van der Waals surface area contributed by atoms with Crippen LogP contribution in [0.3, 0.4) is 0 Å². The van der Waals surface area contributed by atoms with Crippen LogP contribution >= 0.6 is 0 Å². The second-order valence-corrected chi connectivity index (χ2v) is 2.32. The second-order valence-electron chi connectivity index (χ2n) is 2.32. The zero-order valence-electron chi connectivity index (χ0n) is 6.54. The van der Waals surface area contributed by atoms with Crippen LogP contribution < -0.4 is 5.73 Å². The van der Waals surface area contributed by atoms with Gasteiger partial charge in [-0.15, -0.1) is 0 Å². The molecule has 0 saturated heterocycles. The number of benzene rings is 1. The summed E-state index contributed by atoms with van der Waals surface area (Å²) < 4.78 is 0. The van der Waals surface area contributed by atoms with Crippen LogP contribution in [0.2, 0.25) is 0 Å². The number of hydrogen-bond acceptors (Lipinski definition) is 5. The number of nitro groups is 1. The molecule has 1 aromatic carbocycles. The van der Waals surface area contributed by atoms with Crippen LogP contribution in [-0.2, 0) is 0 Å². The van der Waals surface area contributed by atoms with Crippen LogP contribution in [0.15, 0.2) is 23.4 Å². The number of hydrogen-bond donors (Lipinski definition) is 2. The molecule has 0 heterocycles. The summed E-state index contributed by atoms with van der Waals surface area (Å²) in [7, 11) is 0. The summed E-state index contributed by atoms with van der Waals surface area (Å²) in [4.78, 5) is 9.80. The molecule has 1 aromatic rings. The normalized spacial score (nSPS) is 10.5. The van der Waals surface area contributed by atoms with E-state index in [1.165, 1.54) is 18.2 Å². The van der Waals surface area contributed by atoms with E-state index < -0.39 is 4.92 Å². The molecule has 0 spiro atoms. The highest BCUT2D eigenvalue weighted by molar-refractivity contribution is 5.82. The van der Waals surface area contributed by atoms with E-state index in [-0.39, 0.29) is 11.4 Å². The molecule has 0 aliphatic rings. The minimum absolute atomic E-state index is 0.0834. The van der Waals surface area contributed by atoms with E-state index in [1.807, 2.05) is 0 Å². The molecule has 0 aliphatic heterocycles. The van der Waals surface area contributed by atoms with Crippen molar-refractivity contribution in [3.63, 3.8) is 0 Å². The number of nitrogens with zero attached hydrogens (tertiary/aromatic N) is 2. The van der Waals surface area contributed by atoms with E-state index in [9.17, 15) is 10.1 Å². The van der Waals surface area contributed by atoms with Crippen LogP contribution in [0.1, 0.15) is 5.56 Å². The van der Waals surface area contributed by atoms with Crippen molar-refractivity contribution in [1.29, 1.82) is 0 Å². The van der Waals surface area contributed by atoms with Gasteiger partial charge in [-0.1, -0.05) is 11.2 Å². The molecule has 1 rings (SSSR count). The summed E-state index contributed by atoms with van der Waals surface area (Å²) in [6.07, 6.45) is 1.09. The van der Waals surface area contributed by atoms with E-state index in [2.05, 4.69) is 5.16 Å². The van der Waals surface area contributed by atoms with Crippen molar-refractivity contribution >= 4 is 17.6 Å². The molecule has 0 fully saturated rings. The maximum absolute atomic E-state index is 10.4. The van der Waals surface area contributed by atoms with Crippen molar-refractivity contribution in [2.45, 2.75) is 0 Å². The summed E-state index contributed by atoms with van der Waals surface area (Å²) in [5.41, 5.74) is 5.64. The number of nitrogens with two attached hydrogens (primary N) is 1. The van der Waals surface area contributed by atoms with Crippen molar-refractivity contribution in [1.82, 2.24) is 0 Å². The molecule has 0 aromatic heterocycles. The summed E-state index contributed by atoms with van der Waals surface area (Å²) in [6, 6.07) is 4.13.